The van der Waals surface area contributed by atoms with E-state index < -0.39 is 0 Å². The van der Waals surface area contributed by atoms with Crippen LogP contribution < -0.4 is 0 Å². The number of carbonyl (C=O) groups is 1. The van der Waals surface area contributed by atoms with Gasteiger partial charge in [0.05, 0.1) is 9.35 Å². The first-order chi connectivity index (χ1) is 8.22. The normalized spacial score (nSPS) is 15.6. The Morgan fingerprint density at radius 1 is 1.59 bits per heavy atom. The fourth-order valence-corrected chi connectivity index (χ4v) is 3.22. The monoisotopic (exact) mass is 335 g/mol. The van der Waals surface area contributed by atoms with Gasteiger partial charge in [-0.25, -0.2) is 0 Å². The number of thiophene rings is 1. The zero-order chi connectivity index (χ0) is 12.3. The van der Waals surface area contributed by atoms with E-state index in [0.29, 0.717) is 11.9 Å². The van der Waals surface area contributed by atoms with Crippen molar-refractivity contribution in [3.8, 4) is 0 Å². The molecule has 94 valence electrons. The van der Waals surface area contributed by atoms with Gasteiger partial charge in [-0.15, -0.1) is 22.9 Å². The summed E-state index contributed by atoms with van der Waals surface area (Å²) in [5, 5.41) is 1.92. The molecule has 0 aliphatic heterocycles. The summed E-state index contributed by atoms with van der Waals surface area (Å²) in [5.41, 5.74) is 0.795. The molecule has 1 saturated carbocycles. The van der Waals surface area contributed by atoms with Gasteiger partial charge in [-0.2, -0.15) is 0 Å². The van der Waals surface area contributed by atoms with Crippen LogP contribution >= 0.6 is 38.9 Å². The van der Waals surface area contributed by atoms with E-state index in [2.05, 4.69) is 15.9 Å². The lowest BCUT2D eigenvalue weighted by Gasteiger charge is -2.37. The van der Waals surface area contributed by atoms with Crippen molar-refractivity contribution in [3.05, 3.63) is 20.8 Å². The minimum absolute atomic E-state index is 0.154. The molecule has 1 aromatic rings. The third kappa shape index (κ3) is 3.24. The second kappa shape index (κ2) is 6.21. The standard InChI is InChI=1S/C12H15BrClNOS/c13-11-7-9(8-17-11)12(16)15(6-2-5-14)10-3-1-4-10/h7-8,10H,1-6H2. The molecule has 1 aliphatic rings. The van der Waals surface area contributed by atoms with Crippen LogP contribution in [0.4, 0.5) is 0 Å². The molecule has 1 heterocycles. The van der Waals surface area contributed by atoms with E-state index in [0.717, 1.165) is 35.2 Å². The van der Waals surface area contributed by atoms with Crippen LogP contribution in [0.15, 0.2) is 15.2 Å². The van der Waals surface area contributed by atoms with E-state index in [1.807, 2.05) is 16.3 Å². The molecule has 5 heteroatoms. The first-order valence-corrected chi connectivity index (χ1v) is 8.04. The minimum Gasteiger partial charge on any atom is -0.336 e. The third-order valence-electron chi connectivity index (χ3n) is 3.12. The number of hydrogen-bond donors (Lipinski definition) is 0. The number of carbonyl (C=O) groups excluding carboxylic acids is 1. The molecule has 0 aromatic carbocycles. The topological polar surface area (TPSA) is 20.3 Å². The molecule has 0 atom stereocenters. The van der Waals surface area contributed by atoms with Gasteiger partial charge in [0.1, 0.15) is 0 Å². The maximum absolute atomic E-state index is 12.4. The maximum atomic E-state index is 12.4. The highest BCUT2D eigenvalue weighted by Gasteiger charge is 2.29. The van der Waals surface area contributed by atoms with Crippen molar-refractivity contribution in [1.82, 2.24) is 4.90 Å². The van der Waals surface area contributed by atoms with Crippen LogP contribution in [0.2, 0.25) is 0 Å². The molecular weight excluding hydrogens is 322 g/mol. The van der Waals surface area contributed by atoms with Crippen LogP contribution in [0.25, 0.3) is 0 Å². The first kappa shape index (κ1) is 13.4. The fraction of sp³-hybridized carbons (Fsp3) is 0.583. The van der Waals surface area contributed by atoms with Gasteiger partial charge in [0, 0.05) is 23.8 Å². The summed E-state index contributed by atoms with van der Waals surface area (Å²) in [6.07, 6.45) is 4.39. The lowest BCUT2D eigenvalue weighted by Crippen LogP contribution is -2.44. The SMILES string of the molecule is O=C(c1csc(Br)c1)N(CCCCl)C1CCC1. The number of hydrogen-bond acceptors (Lipinski definition) is 2. The number of nitrogens with zero attached hydrogens (tertiary/aromatic N) is 1. The molecule has 17 heavy (non-hydrogen) atoms. The summed E-state index contributed by atoms with van der Waals surface area (Å²) in [7, 11) is 0. The van der Waals surface area contributed by atoms with E-state index in [9.17, 15) is 4.79 Å². The largest absolute Gasteiger partial charge is 0.336 e. The average Bonchev–Trinajstić information content (AvgIpc) is 2.67. The Balaban J connectivity index is 2.06. The molecule has 1 aromatic heterocycles. The Morgan fingerprint density at radius 2 is 2.35 bits per heavy atom. The van der Waals surface area contributed by atoms with Gasteiger partial charge in [-0.1, -0.05) is 0 Å². The Morgan fingerprint density at radius 3 is 2.82 bits per heavy atom. The molecular formula is C12H15BrClNOS. The van der Waals surface area contributed by atoms with Gasteiger partial charge >= 0.3 is 0 Å². The van der Waals surface area contributed by atoms with Crippen LogP contribution in [-0.4, -0.2) is 29.3 Å². The summed E-state index contributed by atoms with van der Waals surface area (Å²) in [5.74, 6) is 0.769. The summed E-state index contributed by atoms with van der Waals surface area (Å²) in [4.78, 5) is 14.4. The average molecular weight is 337 g/mol. The molecule has 0 saturated heterocycles. The number of rotatable bonds is 5. The zero-order valence-corrected chi connectivity index (χ0v) is 12.7. The second-order valence-electron chi connectivity index (χ2n) is 4.27. The molecule has 2 nitrogen and oxygen atoms in total. The lowest BCUT2D eigenvalue weighted by atomic mass is 9.91. The summed E-state index contributed by atoms with van der Waals surface area (Å²) in [6.45, 7) is 0.778. The molecule has 0 bridgehead atoms. The predicted molar refractivity (Wildman–Crippen MR) is 76.0 cm³/mol. The number of halogens is 2. The molecule has 0 spiro atoms. The van der Waals surface area contributed by atoms with Gasteiger partial charge in [-0.3, -0.25) is 4.79 Å². The van der Waals surface area contributed by atoms with Crippen molar-refractivity contribution in [2.45, 2.75) is 31.7 Å². The van der Waals surface area contributed by atoms with Gasteiger partial charge in [0.15, 0.2) is 0 Å². The van der Waals surface area contributed by atoms with Crippen LogP contribution in [0.1, 0.15) is 36.0 Å². The van der Waals surface area contributed by atoms with E-state index in [-0.39, 0.29) is 5.91 Å². The van der Waals surface area contributed by atoms with E-state index in [1.165, 1.54) is 6.42 Å². The van der Waals surface area contributed by atoms with Crippen molar-refractivity contribution in [2.75, 3.05) is 12.4 Å². The quantitative estimate of drug-likeness (QED) is 0.740. The smallest absolute Gasteiger partial charge is 0.254 e. The summed E-state index contributed by atoms with van der Waals surface area (Å²) < 4.78 is 1.01. The molecule has 0 unspecified atom stereocenters. The van der Waals surface area contributed by atoms with E-state index in [4.69, 9.17) is 11.6 Å². The molecule has 1 fully saturated rings. The highest BCUT2D eigenvalue weighted by Crippen LogP contribution is 2.28. The number of amides is 1. The third-order valence-corrected chi connectivity index (χ3v) is 4.90. The van der Waals surface area contributed by atoms with E-state index >= 15 is 0 Å². The molecule has 1 aliphatic carbocycles. The Bertz CT molecular complexity index is 392. The summed E-state index contributed by atoms with van der Waals surface area (Å²) >= 11 is 10.7. The summed E-state index contributed by atoms with van der Waals surface area (Å²) in [6, 6.07) is 2.34. The number of alkyl halides is 1. The van der Waals surface area contributed by atoms with Crippen molar-refractivity contribution >= 4 is 44.8 Å². The van der Waals surface area contributed by atoms with Crippen LogP contribution in [-0.2, 0) is 0 Å². The van der Waals surface area contributed by atoms with Crippen molar-refractivity contribution in [1.29, 1.82) is 0 Å². The minimum atomic E-state index is 0.154. The molecule has 0 radical (unpaired) electrons. The van der Waals surface area contributed by atoms with Crippen molar-refractivity contribution in [3.63, 3.8) is 0 Å². The highest BCUT2D eigenvalue weighted by molar-refractivity contribution is 9.11. The van der Waals surface area contributed by atoms with Crippen LogP contribution in [0.3, 0.4) is 0 Å². The van der Waals surface area contributed by atoms with Gasteiger partial charge in [-0.05, 0) is 47.7 Å². The van der Waals surface area contributed by atoms with E-state index in [1.54, 1.807) is 11.3 Å². The first-order valence-electron chi connectivity index (χ1n) is 5.83. The Hall–Kier alpha value is -0.0600. The van der Waals surface area contributed by atoms with Gasteiger partial charge in [0.2, 0.25) is 0 Å². The van der Waals surface area contributed by atoms with Crippen LogP contribution in [0, 0.1) is 0 Å². The zero-order valence-electron chi connectivity index (χ0n) is 9.49. The Kier molecular flexibility index (Phi) is 4.88. The van der Waals surface area contributed by atoms with Crippen LogP contribution in [0.5, 0.6) is 0 Å². The maximum Gasteiger partial charge on any atom is 0.254 e. The highest BCUT2D eigenvalue weighted by atomic mass is 79.9. The molecule has 1 amide bonds. The predicted octanol–water partition coefficient (Wildman–Crippen LogP) is 4.13. The van der Waals surface area contributed by atoms with Gasteiger partial charge in [0.25, 0.3) is 5.91 Å². The van der Waals surface area contributed by atoms with Gasteiger partial charge < -0.3 is 4.90 Å². The molecule has 2 rings (SSSR count). The molecule has 0 N–H and O–H groups in total. The lowest BCUT2D eigenvalue weighted by molar-refractivity contribution is 0.0581. The van der Waals surface area contributed by atoms with Crippen molar-refractivity contribution < 1.29 is 4.79 Å². The van der Waals surface area contributed by atoms with Crippen molar-refractivity contribution in [2.24, 2.45) is 0 Å². The fourth-order valence-electron chi connectivity index (χ4n) is 1.97. The second-order valence-corrected chi connectivity index (χ2v) is 6.93. The Labute approximate surface area is 119 Å².